The van der Waals surface area contributed by atoms with Gasteiger partial charge in [-0.3, -0.25) is 4.79 Å². The average Bonchev–Trinajstić information content (AvgIpc) is 2.58. The Labute approximate surface area is 157 Å². The lowest BCUT2D eigenvalue weighted by molar-refractivity contribution is 0.103. The van der Waals surface area contributed by atoms with Crippen LogP contribution < -0.4 is 11.5 Å². The summed E-state index contributed by atoms with van der Waals surface area (Å²) in [5.74, 6) is -0.00758. The molecule has 0 heterocycles. The fraction of sp³-hybridized carbons (Fsp3) is 0.435. The average molecular weight is 353 g/mol. The fourth-order valence-electron chi connectivity index (χ4n) is 3.05. The van der Waals surface area contributed by atoms with Gasteiger partial charge in [-0.15, -0.1) is 0 Å². The van der Waals surface area contributed by atoms with Crippen LogP contribution in [0.5, 0.6) is 0 Å². The Bertz CT molecular complexity index is 740. The maximum atomic E-state index is 13.2. The van der Waals surface area contributed by atoms with Gasteiger partial charge in [-0.2, -0.15) is 0 Å². The molecule has 140 valence electrons. The standard InChI is InChI=1S/C23H32N2O/c1-22(2,3)17-7-9-19(15(11-17)13-24)21(26)20-10-8-18(23(4,5)6)12-16(20)14-25/h7-12H,13-14,24-25H2,1-6H3. The van der Waals surface area contributed by atoms with Crippen LogP contribution in [0.25, 0.3) is 0 Å². The van der Waals surface area contributed by atoms with Crippen molar-refractivity contribution in [3.63, 3.8) is 0 Å². The van der Waals surface area contributed by atoms with Gasteiger partial charge in [0.25, 0.3) is 0 Å². The molecule has 0 amide bonds. The van der Waals surface area contributed by atoms with Gasteiger partial charge in [0.15, 0.2) is 5.78 Å². The summed E-state index contributed by atoms with van der Waals surface area (Å²) in [5, 5.41) is 0. The van der Waals surface area contributed by atoms with Gasteiger partial charge in [-0.1, -0.05) is 77.9 Å². The first kappa shape index (κ1) is 20.3. The van der Waals surface area contributed by atoms with E-state index < -0.39 is 0 Å². The molecule has 2 aromatic rings. The molecule has 3 heteroatoms. The molecule has 0 aromatic heterocycles. The summed E-state index contributed by atoms with van der Waals surface area (Å²) < 4.78 is 0. The van der Waals surface area contributed by atoms with Gasteiger partial charge in [0.1, 0.15) is 0 Å². The Balaban J connectivity index is 2.52. The number of hydrogen-bond donors (Lipinski definition) is 2. The van der Waals surface area contributed by atoms with Crippen molar-refractivity contribution in [1.29, 1.82) is 0 Å². The molecule has 0 saturated carbocycles. The summed E-state index contributed by atoms with van der Waals surface area (Å²) in [6.45, 7) is 13.6. The van der Waals surface area contributed by atoms with Crippen molar-refractivity contribution < 1.29 is 4.79 Å². The van der Waals surface area contributed by atoms with Crippen molar-refractivity contribution in [2.24, 2.45) is 11.5 Å². The fourth-order valence-corrected chi connectivity index (χ4v) is 3.05. The molecule has 4 N–H and O–H groups in total. The highest BCUT2D eigenvalue weighted by Crippen LogP contribution is 2.28. The molecular formula is C23H32N2O. The Hall–Kier alpha value is -1.97. The summed E-state index contributed by atoms with van der Waals surface area (Å²) in [7, 11) is 0. The maximum Gasteiger partial charge on any atom is 0.193 e. The molecule has 0 saturated heterocycles. The van der Waals surface area contributed by atoms with Gasteiger partial charge >= 0.3 is 0 Å². The molecule has 26 heavy (non-hydrogen) atoms. The molecule has 0 aliphatic rings. The minimum Gasteiger partial charge on any atom is -0.326 e. The number of benzene rings is 2. The third-order valence-corrected chi connectivity index (χ3v) is 4.87. The summed E-state index contributed by atoms with van der Waals surface area (Å²) in [5.41, 5.74) is 17.4. The van der Waals surface area contributed by atoms with E-state index in [9.17, 15) is 4.79 Å². The van der Waals surface area contributed by atoms with Crippen LogP contribution in [0.15, 0.2) is 36.4 Å². The molecule has 0 atom stereocenters. The number of ketones is 1. The van der Waals surface area contributed by atoms with Crippen molar-refractivity contribution in [2.75, 3.05) is 0 Å². The van der Waals surface area contributed by atoms with Crippen LogP contribution in [0.1, 0.15) is 79.7 Å². The van der Waals surface area contributed by atoms with Gasteiger partial charge in [0, 0.05) is 24.2 Å². The molecule has 0 bridgehead atoms. The van der Waals surface area contributed by atoms with E-state index in [-0.39, 0.29) is 16.6 Å². The number of rotatable bonds is 4. The van der Waals surface area contributed by atoms with Crippen LogP contribution >= 0.6 is 0 Å². The zero-order valence-electron chi connectivity index (χ0n) is 16.9. The number of hydrogen-bond acceptors (Lipinski definition) is 3. The molecule has 2 rings (SSSR count). The lowest BCUT2D eigenvalue weighted by Gasteiger charge is -2.22. The minimum atomic E-state index is -0.00758. The first-order valence-corrected chi connectivity index (χ1v) is 9.20. The van der Waals surface area contributed by atoms with E-state index in [2.05, 4.69) is 53.7 Å². The molecule has 2 aromatic carbocycles. The molecule has 0 fully saturated rings. The maximum absolute atomic E-state index is 13.2. The molecule has 0 unspecified atom stereocenters. The third-order valence-electron chi connectivity index (χ3n) is 4.87. The van der Waals surface area contributed by atoms with Crippen LogP contribution in [0, 0.1) is 0 Å². The van der Waals surface area contributed by atoms with E-state index in [0.717, 1.165) is 11.1 Å². The number of carbonyl (C=O) groups excluding carboxylic acids is 1. The summed E-state index contributed by atoms with van der Waals surface area (Å²) >= 11 is 0. The lowest BCUT2D eigenvalue weighted by atomic mass is 9.82. The van der Waals surface area contributed by atoms with Crippen LogP contribution in [-0.4, -0.2) is 5.78 Å². The molecule has 3 nitrogen and oxygen atoms in total. The monoisotopic (exact) mass is 352 g/mol. The highest BCUT2D eigenvalue weighted by molar-refractivity contribution is 6.11. The van der Waals surface area contributed by atoms with Crippen LogP contribution in [0.4, 0.5) is 0 Å². The molecule has 0 aliphatic carbocycles. The zero-order valence-corrected chi connectivity index (χ0v) is 16.9. The SMILES string of the molecule is CC(C)(C)c1ccc(C(=O)c2ccc(C(C)(C)C)cc2CN)c(CN)c1. The predicted octanol–water partition coefficient (Wildman–Crippen LogP) is 4.43. The molecule has 0 aliphatic heterocycles. The Morgan fingerprint density at radius 2 is 1.08 bits per heavy atom. The predicted molar refractivity (Wildman–Crippen MR) is 109 cm³/mol. The quantitative estimate of drug-likeness (QED) is 0.800. The highest BCUT2D eigenvalue weighted by Gasteiger charge is 2.21. The van der Waals surface area contributed by atoms with Gasteiger partial charge in [0.2, 0.25) is 0 Å². The van der Waals surface area contributed by atoms with Gasteiger partial charge in [-0.05, 0) is 33.1 Å². The number of nitrogens with two attached hydrogens (primary N) is 2. The Morgan fingerprint density at radius 1 is 0.731 bits per heavy atom. The van der Waals surface area contributed by atoms with Crippen LogP contribution in [0.3, 0.4) is 0 Å². The molecule has 0 radical (unpaired) electrons. The van der Waals surface area contributed by atoms with E-state index in [1.807, 2.05) is 24.3 Å². The van der Waals surface area contributed by atoms with E-state index >= 15 is 0 Å². The Kier molecular flexibility index (Phi) is 5.74. The lowest BCUT2D eigenvalue weighted by Crippen LogP contribution is -2.17. The number of carbonyl (C=O) groups is 1. The summed E-state index contributed by atoms with van der Waals surface area (Å²) in [6.07, 6.45) is 0. The van der Waals surface area contributed by atoms with E-state index in [0.29, 0.717) is 24.2 Å². The summed E-state index contributed by atoms with van der Waals surface area (Å²) in [6, 6.07) is 12.0. The third kappa shape index (κ3) is 4.22. The summed E-state index contributed by atoms with van der Waals surface area (Å²) in [4.78, 5) is 13.2. The van der Waals surface area contributed by atoms with Crippen molar-refractivity contribution >= 4 is 5.78 Å². The van der Waals surface area contributed by atoms with Crippen LogP contribution in [-0.2, 0) is 23.9 Å². The van der Waals surface area contributed by atoms with Crippen molar-refractivity contribution in [1.82, 2.24) is 0 Å². The largest absolute Gasteiger partial charge is 0.326 e. The van der Waals surface area contributed by atoms with Gasteiger partial charge in [0.05, 0.1) is 0 Å². The van der Waals surface area contributed by atoms with Crippen molar-refractivity contribution in [3.05, 3.63) is 69.8 Å². The van der Waals surface area contributed by atoms with Crippen LogP contribution in [0.2, 0.25) is 0 Å². The van der Waals surface area contributed by atoms with Gasteiger partial charge < -0.3 is 11.5 Å². The second kappa shape index (κ2) is 7.34. The van der Waals surface area contributed by atoms with Gasteiger partial charge in [-0.25, -0.2) is 0 Å². The first-order valence-electron chi connectivity index (χ1n) is 9.20. The minimum absolute atomic E-state index is 0.00758. The molecular weight excluding hydrogens is 320 g/mol. The smallest absolute Gasteiger partial charge is 0.193 e. The topological polar surface area (TPSA) is 69.1 Å². The highest BCUT2D eigenvalue weighted by atomic mass is 16.1. The van der Waals surface area contributed by atoms with E-state index in [1.54, 1.807) is 0 Å². The van der Waals surface area contributed by atoms with E-state index in [4.69, 9.17) is 11.5 Å². The molecule has 0 spiro atoms. The van der Waals surface area contributed by atoms with Crippen molar-refractivity contribution in [3.8, 4) is 0 Å². The van der Waals surface area contributed by atoms with E-state index in [1.165, 1.54) is 11.1 Å². The Morgan fingerprint density at radius 3 is 1.35 bits per heavy atom. The normalized spacial score (nSPS) is 12.3. The second-order valence-electron chi connectivity index (χ2n) is 8.98. The second-order valence-corrected chi connectivity index (χ2v) is 8.98. The zero-order chi connectivity index (χ0) is 19.7. The first-order chi connectivity index (χ1) is 12.0. The van der Waals surface area contributed by atoms with Crippen molar-refractivity contribution in [2.45, 2.75) is 65.5 Å².